The van der Waals surface area contributed by atoms with Crippen LogP contribution >= 0.6 is 0 Å². The molecule has 0 aromatic rings. The van der Waals surface area contributed by atoms with Gasteiger partial charge in [0.25, 0.3) is 0 Å². The molecule has 1 unspecified atom stereocenters. The zero-order valence-electron chi connectivity index (χ0n) is 9.29. The molecule has 5 heteroatoms. The fraction of sp³-hybridized carbons (Fsp3) is 1.00. The smallest absolute Gasteiger partial charge is 0.211 e. The van der Waals surface area contributed by atoms with Crippen LogP contribution in [0.3, 0.4) is 0 Å². The largest absolute Gasteiger partial charge is 0.327 e. The topological polar surface area (TPSA) is 72.2 Å². The summed E-state index contributed by atoms with van der Waals surface area (Å²) in [5.41, 5.74) is 5.61. The van der Waals surface area contributed by atoms with Crippen molar-refractivity contribution in [3.63, 3.8) is 0 Å². The summed E-state index contributed by atoms with van der Waals surface area (Å²) in [7, 11) is -3.11. The molecule has 0 rings (SSSR count). The first-order valence-corrected chi connectivity index (χ1v) is 6.75. The number of nitrogens with two attached hydrogens (primary N) is 1. The second kappa shape index (κ2) is 6.37. The van der Waals surface area contributed by atoms with E-state index in [9.17, 15) is 8.42 Å². The molecule has 0 spiro atoms. The van der Waals surface area contributed by atoms with Crippen molar-refractivity contribution < 1.29 is 8.42 Å². The van der Waals surface area contributed by atoms with E-state index in [1.165, 1.54) is 0 Å². The Morgan fingerprint density at radius 2 is 1.93 bits per heavy atom. The quantitative estimate of drug-likeness (QED) is 0.665. The van der Waals surface area contributed by atoms with Gasteiger partial charge in [-0.25, -0.2) is 13.1 Å². The molecule has 3 N–H and O–H groups in total. The van der Waals surface area contributed by atoms with E-state index < -0.39 is 10.0 Å². The van der Waals surface area contributed by atoms with Gasteiger partial charge in [0.05, 0.1) is 5.75 Å². The van der Waals surface area contributed by atoms with Gasteiger partial charge in [0.15, 0.2) is 0 Å². The molecule has 0 saturated heterocycles. The van der Waals surface area contributed by atoms with E-state index >= 15 is 0 Å². The van der Waals surface area contributed by atoms with Crippen molar-refractivity contribution in [1.82, 2.24) is 4.72 Å². The molecule has 0 saturated carbocycles. The van der Waals surface area contributed by atoms with E-state index in [2.05, 4.69) is 4.72 Å². The molecule has 0 aromatic heterocycles. The van der Waals surface area contributed by atoms with Crippen LogP contribution in [0.5, 0.6) is 0 Å². The summed E-state index contributed by atoms with van der Waals surface area (Å²) in [4.78, 5) is 0. The van der Waals surface area contributed by atoms with Crippen LogP contribution in [-0.4, -0.2) is 26.8 Å². The first-order valence-electron chi connectivity index (χ1n) is 5.10. The van der Waals surface area contributed by atoms with Gasteiger partial charge in [-0.2, -0.15) is 0 Å². The lowest BCUT2D eigenvalue weighted by Gasteiger charge is -2.11. The highest BCUT2D eigenvalue weighted by molar-refractivity contribution is 7.89. The van der Waals surface area contributed by atoms with Crippen LogP contribution in [0.15, 0.2) is 0 Å². The number of nitrogens with one attached hydrogen (secondary N) is 1. The summed E-state index contributed by atoms with van der Waals surface area (Å²) in [6.07, 6.45) is 1.48. The Kier molecular flexibility index (Phi) is 6.31. The highest BCUT2D eigenvalue weighted by Crippen LogP contribution is 2.01. The fourth-order valence-electron chi connectivity index (χ4n) is 0.841. The Labute approximate surface area is 87.3 Å². The number of sulfonamides is 1. The van der Waals surface area contributed by atoms with Crippen molar-refractivity contribution in [1.29, 1.82) is 0 Å². The molecule has 4 nitrogen and oxygen atoms in total. The lowest BCUT2D eigenvalue weighted by molar-refractivity contribution is 0.549. The monoisotopic (exact) mass is 222 g/mol. The predicted molar refractivity (Wildman–Crippen MR) is 59.5 cm³/mol. The third-order valence-electron chi connectivity index (χ3n) is 2.05. The molecule has 0 heterocycles. The average molecular weight is 222 g/mol. The SMILES string of the molecule is CCC(N)CNS(=O)(=O)CCC(C)C. The van der Waals surface area contributed by atoms with Crippen molar-refractivity contribution in [2.24, 2.45) is 11.7 Å². The summed E-state index contributed by atoms with van der Waals surface area (Å²) >= 11 is 0. The molecular formula is C9H22N2O2S. The van der Waals surface area contributed by atoms with E-state index in [4.69, 9.17) is 5.73 Å². The van der Waals surface area contributed by atoms with Crippen LogP contribution in [-0.2, 0) is 10.0 Å². The maximum absolute atomic E-state index is 11.4. The number of hydrogen-bond donors (Lipinski definition) is 2. The van der Waals surface area contributed by atoms with Gasteiger partial charge >= 0.3 is 0 Å². The van der Waals surface area contributed by atoms with Crippen molar-refractivity contribution in [3.05, 3.63) is 0 Å². The Morgan fingerprint density at radius 3 is 2.36 bits per heavy atom. The van der Waals surface area contributed by atoms with Crippen LogP contribution in [0.1, 0.15) is 33.6 Å². The standard InChI is InChI=1S/C9H22N2O2S/c1-4-9(10)7-11-14(12,13)6-5-8(2)3/h8-9,11H,4-7,10H2,1-3H3. The van der Waals surface area contributed by atoms with Crippen molar-refractivity contribution in [2.45, 2.75) is 39.7 Å². The molecule has 0 fully saturated rings. The van der Waals surface area contributed by atoms with E-state index in [-0.39, 0.29) is 11.8 Å². The fourth-order valence-corrected chi connectivity index (χ4v) is 2.24. The second-order valence-corrected chi connectivity index (χ2v) is 5.94. The van der Waals surface area contributed by atoms with Gasteiger partial charge in [0.2, 0.25) is 10.0 Å². The van der Waals surface area contributed by atoms with Crippen molar-refractivity contribution >= 4 is 10.0 Å². The van der Waals surface area contributed by atoms with Crippen molar-refractivity contribution in [2.75, 3.05) is 12.3 Å². The molecule has 0 radical (unpaired) electrons. The van der Waals surface area contributed by atoms with Crippen LogP contribution in [0.25, 0.3) is 0 Å². The zero-order valence-corrected chi connectivity index (χ0v) is 10.1. The molecule has 0 aromatic carbocycles. The van der Waals surface area contributed by atoms with Crippen LogP contribution in [0.4, 0.5) is 0 Å². The normalized spacial score (nSPS) is 14.6. The van der Waals surface area contributed by atoms with Gasteiger partial charge in [0, 0.05) is 12.6 Å². The van der Waals surface area contributed by atoms with E-state index in [1.807, 2.05) is 20.8 Å². The maximum atomic E-state index is 11.4. The Hall–Kier alpha value is -0.130. The van der Waals surface area contributed by atoms with Crippen LogP contribution < -0.4 is 10.5 Å². The molecule has 0 amide bonds. The zero-order chi connectivity index (χ0) is 11.2. The summed E-state index contributed by atoms with van der Waals surface area (Å²) < 4.78 is 25.3. The predicted octanol–water partition coefficient (Wildman–Crippen LogP) is 0.689. The first kappa shape index (κ1) is 13.9. The minimum atomic E-state index is -3.11. The third-order valence-corrected chi connectivity index (χ3v) is 3.43. The molecule has 86 valence electrons. The lowest BCUT2D eigenvalue weighted by Crippen LogP contribution is -2.37. The number of hydrogen-bond acceptors (Lipinski definition) is 3. The van der Waals surface area contributed by atoms with Crippen LogP contribution in [0.2, 0.25) is 0 Å². The maximum Gasteiger partial charge on any atom is 0.211 e. The summed E-state index contributed by atoms with van der Waals surface area (Å²) in [6.45, 7) is 6.30. The van der Waals surface area contributed by atoms with Crippen LogP contribution in [0, 0.1) is 5.92 Å². The Balaban J connectivity index is 3.84. The summed E-state index contributed by atoms with van der Waals surface area (Å²) in [6, 6.07) is -0.0798. The molecule has 0 aliphatic carbocycles. The average Bonchev–Trinajstić information content (AvgIpc) is 2.11. The van der Waals surface area contributed by atoms with Gasteiger partial charge < -0.3 is 5.73 Å². The second-order valence-electron chi connectivity index (χ2n) is 4.02. The molecule has 0 bridgehead atoms. The van der Waals surface area contributed by atoms with Gasteiger partial charge in [-0.3, -0.25) is 0 Å². The van der Waals surface area contributed by atoms with Gasteiger partial charge in [-0.15, -0.1) is 0 Å². The summed E-state index contributed by atoms with van der Waals surface area (Å²) in [5, 5.41) is 0. The van der Waals surface area contributed by atoms with Gasteiger partial charge in [-0.1, -0.05) is 20.8 Å². The highest BCUT2D eigenvalue weighted by atomic mass is 32.2. The van der Waals surface area contributed by atoms with E-state index in [1.54, 1.807) is 0 Å². The first-order chi connectivity index (χ1) is 6.37. The minimum Gasteiger partial charge on any atom is -0.327 e. The molecule has 0 aliphatic rings. The lowest BCUT2D eigenvalue weighted by atomic mass is 10.2. The van der Waals surface area contributed by atoms with Gasteiger partial charge in [0.1, 0.15) is 0 Å². The Morgan fingerprint density at radius 1 is 1.36 bits per heavy atom. The van der Waals surface area contributed by atoms with Gasteiger partial charge in [-0.05, 0) is 18.8 Å². The summed E-state index contributed by atoms with van der Waals surface area (Å²) in [5.74, 6) is 0.604. The van der Waals surface area contributed by atoms with E-state index in [0.29, 0.717) is 18.9 Å². The molecular weight excluding hydrogens is 200 g/mol. The number of rotatable bonds is 7. The molecule has 0 aliphatic heterocycles. The molecule has 1 atom stereocenters. The highest BCUT2D eigenvalue weighted by Gasteiger charge is 2.11. The molecule has 14 heavy (non-hydrogen) atoms. The van der Waals surface area contributed by atoms with E-state index in [0.717, 1.165) is 6.42 Å². The third kappa shape index (κ3) is 7.29. The Bertz CT molecular complexity index is 237. The minimum absolute atomic E-state index is 0.0798. The van der Waals surface area contributed by atoms with Crippen molar-refractivity contribution in [3.8, 4) is 0 Å².